The smallest absolute Gasteiger partial charge is 0.123 e. The molecule has 118 valence electrons. The van der Waals surface area contributed by atoms with Crippen LogP contribution in [-0.2, 0) is 6.54 Å². The van der Waals surface area contributed by atoms with E-state index in [4.69, 9.17) is 21.4 Å². The van der Waals surface area contributed by atoms with Crippen molar-refractivity contribution in [2.75, 3.05) is 46.4 Å². The van der Waals surface area contributed by atoms with Crippen molar-refractivity contribution in [2.24, 2.45) is 0 Å². The van der Waals surface area contributed by atoms with Gasteiger partial charge in [0.15, 0.2) is 0 Å². The molecule has 1 aliphatic heterocycles. The first-order valence-electron chi connectivity index (χ1n) is 7.61. The molecular formula is C16H25ClN2O2. The summed E-state index contributed by atoms with van der Waals surface area (Å²) >= 11 is 6.08. The molecule has 0 spiro atoms. The van der Waals surface area contributed by atoms with Crippen LogP contribution in [0.4, 0.5) is 0 Å². The Morgan fingerprint density at radius 2 is 1.86 bits per heavy atom. The van der Waals surface area contributed by atoms with Crippen LogP contribution in [0.3, 0.4) is 0 Å². The van der Waals surface area contributed by atoms with Gasteiger partial charge in [0, 0.05) is 49.9 Å². The number of unbranched alkanes of at least 4 members (excludes halogenated alkanes) is 1. The third-order valence-electron chi connectivity index (χ3n) is 3.98. The van der Waals surface area contributed by atoms with Crippen LogP contribution in [0.1, 0.15) is 18.4 Å². The summed E-state index contributed by atoms with van der Waals surface area (Å²) in [6.45, 7) is 6.59. The molecule has 1 saturated heterocycles. The number of halogens is 1. The molecule has 1 N–H and O–H groups in total. The third kappa shape index (κ3) is 5.15. The number of methoxy groups -OCH3 is 1. The molecule has 5 heteroatoms. The molecule has 0 atom stereocenters. The molecule has 1 heterocycles. The van der Waals surface area contributed by atoms with Gasteiger partial charge in [-0.2, -0.15) is 0 Å². The monoisotopic (exact) mass is 312 g/mol. The molecule has 1 aliphatic rings. The predicted octanol–water partition coefficient (Wildman–Crippen LogP) is 2.24. The molecule has 1 fully saturated rings. The van der Waals surface area contributed by atoms with Gasteiger partial charge in [-0.1, -0.05) is 11.6 Å². The Hall–Kier alpha value is -0.810. The highest BCUT2D eigenvalue weighted by atomic mass is 35.5. The Morgan fingerprint density at radius 1 is 1.14 bits per heavy atom. The summed E-state index contributed by atoms with van der Waals surface area (Å²) in [5.74, 6) is 0.907. The van der Waals surface area contributed by atoms with Gasteiger partial charge in [0.05, 0.1) is 7.11 Å². The van der Waals surface area contributed by atoms with E-state index in [0.29, 0.717) is 6.61 Å². The van der Waals surface area contributed by atoms with Gasteiger partial charge in [-0.05, 0) is 37.6 Å². The molecule has 0 saturated carbocycles. The second-order valence-electron chi connectivity index (χ2n) is 5.50. The van der Waals surface area contributed by atoms with Gasteiger partial charge in [-0.15, -0.1) is 0 Å². The molecule has 1 aromatic carbocycles. The zero-order valence-electron chi connectivity index (χ0n) is 12.7. The predicted molar refractivity (Wildman–Crippen MR) is 86.0 cm³/mol. The molecule has 0 radical (unpaired) electrons. The first kappa shape index (κ1) is 16.6. The minimum Gasteiger partial charge on any atom is -0.496 e. The Labute approximate surface area is 132 Å². The van der Waals surface area contributed by atoms with Crippen LogP contribution in [0.25, 0.3) is 0 Å². The molecular weight excluding hydrogens is 288 g/mol. The number of nitrogens with zero attached hydrogens (tertiary/aromatic N) is 2. The summed E-state index contributed by atoms with van der Waals surface area (Å²) in [6, 6.07) is 5.79. The fraction of sp³-hybridized carbons (Fsp3) is 0.625. The average Bonchev–Trinajstić information content (AvgIpc) is 2.50. The van der Waals surface area contributed by atoms with Crippen LogP contribution < -0.4 is 4.74 Å². The average molecular weight is 313 g/mol. The van der Waals surface area contributed by atoms with E-state index in [9.17, 15) is 0 Å². The van der Waals surface area contributed by atoms with Crippen molar-refractivity contribution >= 4 is 11.6 Å². The minimum absolute atomic E-state index is 0.300. The number of piperazine rings is 1. The fourth-order valence-corrected chi connectivity index (χ4v) is 2.92. The van der Waals surface area contributed by atoms with Crippen LogP contribution in [0.5, 0.6) is 5.75 Å². The molecule has 2 rings (SSSR count). The standard InChI is InChI=1S/C16H25ClN2O2/c1-21-16-5-4-15(17)12-14(16)13-19-9-7-18(8-10-19)6-2-3-11-20/h4-5,12,20H,2-3,6-11,13H2,1H3. The normalized spacial score (nSPS) is 17.1. The summed E-state index contributed by atoms with van der Waals surface area (Å²) in [4.78, 5) is 4.91. The first-order chi connectivity index (χ1) is 10.2. The molecule has 0 bridgehead atoms. The number of hydrogen-bond donors (Lipinski definition) is 1. The minimum atomic E-state index is 0.300. The van der Waals surface area contributed by atoms with Gasteiger partial charge in [-0.3, -0.25) is 4.90 Å². The van der Waals surface area contributed by atoms with Crippen molar-refractivity contribution in [3.8, 4) is 5.75 Å². The van der Waals surface area contributed by atoms with Gasteiger partial charge in [0.25, 0.3) is 0 Å². The quantitative estimate of drug-likeness (QED) is 0.783. The Balaban J connectivity index is 1.82. The first-order valence-corrected chi connectivity index (χ1v) is 7.98. The lowest BCUT2D eigenvalue weighted by Gasteiger charge is -2.34. The molecule has 1 aromatic rings. The van der Waals surface area contributed by atoms with E-state index in [2.05, 4.69) is 9.80 Å². The molecule has 0 aromatic heterocycles. The van der Waals surface area contributed by atoms with E-state index in [1.165, 1.54) is 0 Å². The van der Waals surface area contributed by atoms with Crippen molar-refractivity contribution in [1.29, 1.82) is 0 Å². The lowest BCUT2D eigenvalue weighted by Crippen LogP contribution is -2.46. The molecule has 0 amide bonds. The van der Waals surface area contributed by atoms with Crippen molar-refractivity contribution < 1.29 is 9.84 Å². The Bertz CT molecular complexity index is 434. The summed E-state index contributed by atoms with van der Waals surface area (Å²) in [5, 5.41) is 9.58. The largest absolute Gasteiger partial charge is 0.496 e. The lowest BCUT2D eigenvalue weighted by molar-refractivity contribution is 0.123. The van der Waals surface area contributed by atoms with Crippen molar-refractivity contribution in [2.45, 2.75) is 19.4 Å². The highest BCUT2D eigenvalue weighted by Crippen LogP contribution is 2.24. The zero-order chi connectivity index (χ0) is 15.1. The van der Waals surface area contributed by atoms with Gasteiger partial charge in [0.1, 0.15) is 5.75 Å². The third-order valence-corrected chi connectivity index (χ3v) is 4.22. The second-order valence-corrected chi connectivity index (χ2v) is 5.94. The summed E-state index contributed by atoms with van der Waals surface area (Å²) < 4.78 is 5.41. The van der Waals surface area contributed by atoms with E-state index < -0.39 is 0 Å². The highest BCUT2D eigenvalue weighted by Gasteiger charge is 2.17. The maximum absolute atomic E-state index is 8.82. The number of aliphatic hydroxyl groups is 1. The maximum Gasteiger partial charge on any atom is 0.123 e. The Morgan fingerprint density at radius 3 is 2.52 bits per heavy atom. The van der Waals surface area contributed by atoms with Crippen LogP contribution in [-0.4, -0.2) is 61.3 Å². The number of benzene rings is 1. The van der Waals surface area contributed by atoms with Crippen LogP contribution >= 0.6 is 11.6 Å². The van der Waals surface area contributed by atoms with Gasteiger partial charge < -0.3 is 14.7 Å². The number of hydrogen-bond acceptors (Lipinski definition) is 4. The van der Waals surface area contributed by atoms with Gasteiger partial charge in [0.2, 0.25) is 0 Å². The van der Waals surface area contributed by atoms with E-state index >= 15 is 0 Å². The topological polar surface area (TPSA) is 35.9 Å². The number of ether oxygens (including phenoxy) is 1. The zero-order valence-corrected chi connectivity index (χ0v) is 13.5. The second kappa shape index (κ2) is 8.59. The Kier molecular flexibility index (Phi) is 6.77. The van der Waals surface area contributed by atoms with Gasteiger partial charge >= 0.3 is 0 Å². The van der Waals surface area contributed by atoms with Crippen LogP contribution in [0, 0.1) is 0 Å². The molecule has 21 heavy (non-hydrogen) atoms. The van der Waals surface area contributed by atoms with Crippen LogP contribution in [0.15, 0.2) is 18.2 Å². The summed E-state index contributed by atoms with van der Waals surface area (Å²) in [5.41, 5.74) is 1.15. The number of aliphatic hydroxyl groups excluding tert-OH is 1. The summed E-state index contributed by atoms with van der Waals surface area (Å²) in [6.07, 6.45) is 1.98. The lowest BCUT2D eigenvalue weighted by atomic mass is 10.1. The molecule has 0 aliphatic carbocycles. The number of rotatable bonds is 7. The van der Waals surface area contributed by atoms with Crippen molar-refractivity contribution in [3.05, 3.63) is 28.8 Å². The highest BCUT2D eigenvalue weighted by molar-refractivity contribution is 6.30. The SMILES string of the molecule is COc1ccc(Cl)cc1CN1CCN(CCCCO)CC1. The van der Waals surface area contributed by atoms with Crippen LogP contribution in [0.2, 0.25) is 5.02 Å². The van der Waals surface area contributed by atoms with E-state index in [-0.39, 0.29) is 0 Å². The molecule has 4 nitrogen and oxygen atoms in total. The molecule has 0 unspecified atom stereocenters. The maximum atomic E-state index is 8.82. The van der Waals surface area contributed by atoms with Crippen molar-refractivity contribution in [1.82, 2.24) is 9.80 Å². The summed E-state index contributed by atoms with van der Waals surface area (Å²) in [7, 11) is 1.70. The van der Waals surface area contributed by atoms with Crippen molar-refractivity contribution in [3.63, 3.8) is 0 Å². The van der Waals surface area contributed by atoms with E-state index in [1.807, 2.05) is 18.2 Å². The van der Waals surface area contributed by atoms with Gasteiger partial charge in [-0.25, -0.2) is 0 Å². The van der Waals surface area contributed by atoms with E-state index in [1.54, 1.807) is 7.11 Å². The fourth-order valence-electron chi connectivity index (χ4n) is 2.73. The van der Waals surface area contributed by atoms with E-state index in [0.717, 1.165) is 68.4 Å².